The van der Waals surface area contributed by atoms with Gasteiger partial charge >= 0.3 is 12.4 Å². The first kappa shape index (κ1) is 22.6. The summed E-state index contributed by atoms with van der Waals surface area (Å²) >= 11 is 0. The highest BCUT2D eigenvalue weighted by Gasteiger charge is 2.58. The molecule has 1 saturated carbocycles. The molecule has 2 aromatic rings. The lowest BCUT2D eigenvalue weighted by molar-refractivity contribution is -0.277. The lowest BCUT2D eigenvalue weighted by atomic mass is 9.73. The number of nitrogen functional groups attached to an aromatic ring is 1. The van der Waals surface area contributed by atoms with Crippen LogP contribution in [0.1, 0.15) is 62.8 Å². The van der Waals surface area contributed by atoms with Gasteiger partial charge in [-0.05, 0) is 44.6 Å². The fraction of sp³-hybridized carbons (Fsp3) is 0.632. The largest absolute Gasteiger partial charge is 0.426 e. The molecule has 7 nitrogen and oxygen atoms in total. The molecular formula is C19H21F6N5O2. The molecule has 0 radical (unpaired) electrons. The minimum absolute atomic E-state index is 0.00326. The summed E-state index contributed by atoms with van der Waals surface area (Å²) in [5.74, 6) is -2.22. The third-order valence-electron chi connectivity index (χ3n) is 6.20. The Hall–Kier alpha value is -2.57. The first-order chi connectivity index (χ1) is 14.8. The Bertz CT molecular complexity index is 1000. The summed E-state index contributed by atoms with van der Waals surface area (Å²) in [4.78, 5) is 3.94. The number of hydrogen-bond acceptors (Lipinski definition) is 7. The Morgan fingerprint density at radius 1 is 0.969 bits per heavy atom. The van der Waals surface area contributed by atoms with Crippen molar-refractivity contribution in [2.24, 2.45) is 0 Å². The highest BCUT2D eigenvalue weighted by Crippen LogP contribution is 2.46. The van der Waals surface area contributed by atoms with Crippen molar-refractivity contribution in [1.29, 1.82) is 0 Å². The molecule has 1 atom stereocenters. The summed E-state index contributed by atoms with van der Waals surface area (Å²) in [5, 5.41) is 20.1. The van der Waals surface area contributed by atoms with Gasteiger partial charge in [0, 0.05) is 5.54 Å². The number of pyridine rings is 1. The molecule has 1 aliphatic carbocycles. The fourth-order valence-electron chi connectivity index (χ4n) is 4.18. The number of halogens is 6. The first-order valence-electron chi connectivity index (χ1n) is 10.1. The minimum atomic E-state index is -5.10. The predicted octanol–water partition coefficient (Wildman–Crippen LogP) is 4.78. The molecule has 4 rings (SSSR count). The van der Waals surface area contributed by atoms with E-state index in [1.54, 1.807) is 0 Å². The molecule has 0 aromatic carbocycles. The van der Waals surface area contributed by atoms with Crippen LogP contribution in [0.15, 0.2) is 10.5 Å². The van der Waals surface area contributed by atoms with E-state index in [1.165, 1.54) is 0 Å². The van der Waals surface area contributed by atoms with Crippen LogP contribution in [0.25, 0.3) is 11.6 Å². The third-order valence-corrected chi connectivity index (χ3v) is 6.20. The van der Waals surface area contributed by atoms with Crippen LogP contribution in [0.5, 0.6) is 0 Å². The van der Waals surface area contributed by atoms with E-state index < -0.39 is 64.5 Å². The second-order valence-corrected chi connectivity index (χ2v) is 8.41. The van der Waals surface area contributed by atoms with E-state index >= 15 is 0 Å². The number of anilines is 2. The summed E-state index contributed by atoms with van der Waals surface area (Å²) in [5.41, 5.74) is -0.290. The average molecular weight is 465 g/mol. The number of aliphatic hydroxyl groups is 1. The average Bonchev–Trinajstić information content (AvgIpc) is 3.14. The highest BCUT2D eigenvalue weighted by atomic mass is 19.4. The van der Waals surface area contributed by atoms with Crippen molar-refractivity contribution in [1.82, 2.24) is 15.2 Å². The molecule has 0 unspecified atom stereocenters. The van der Waals surface area contributed by atoms with Gasteiger partial charge in [0.1, 0.15) is 5.82 Å². The molecule has 4 bridgehead atoms. The monoisotopic (exact) mass is 465 g/mol. The molecule has 2 aliphatic rings. The molecule has 13 heteroatoms. The van der Waals surface area contributed by atoms with Crippen molar-refractivity contribution in [3.8, 4) is 11.6 Å². The summed E-state index contributed by atoms with van der Waals surface area (Å²) in [6.07, 6.45) is -7.32. The van der Waals surface area contributed by atoms with Crippen molar-refractivity contribution in [3.63, 3.8) is 0 Å². The lowest BCUT2D eigenvalue weighted by Gasteiger charge is -2.44. The molecule has 1 fully saturated rings. The fourth-order valence-corrected chi connectivity index (χ4v) is 4.18. The summed E-state index contributed by atoms with van der Waals surface area (Å²) < 4.78 is 87.1. The van der Waals surface area contributed by atoms with Crippen molar-refractivity contribution in [2.45, 2.75) is 74.9 Å². The zero-order valence-electron chi connectivity index (χ0n) is 16.8. The van der Waals surface area contributed by atoms with Gasteiger partial charge in [0.15, 0.2) is 5.69 Å². The van der Waals surface area contributed by atoms with Gasteiger partial charge in [0.05, 0.1) is 11.3 Å². The van der Waals surface area contributed by atoms with Crippen LogP contribution in [0.4, 0.5) is 37.8 Å². The molecule has 2 aromatic heterocycles. The van der Waals surface area contributed by atoms with Crippen LogP contribution in [-0.4, -0.2) is 32.0 Å². The van der Waals surface area contributed by atoms with E-state index in [0.29, 0.717) is 38.2 Å². The number of nitrogens with zero attached hydrogens (tertiary/aromatic N) is 3. The number of alkyl halides is 6. The van der Waals surface area contributed by atoms with E-state index in [0.717, 1.165) is 6.42 Å². The molecular weight excluding hydrogens is 444 g/mol. The Labute approximate surface area is 178 Å². The Kier molecular flexibility index (Phi) is 5.30. The van der Waals surface area contributed by atoms with E-state index in [4.69, 9.17) is 10.2 Å². The molecule has 4 N–H and O–H groups in total. The van der Waals surface area contributed by atoms with Crippen molar-refractivity contribution < 1.29 is 35.9 Å². The maximum absolute atomic E-state index is 13.7. The van der Waals surface area contributed by atoms with E-state index in [-0.39, 0.29) is 6.42 Å². The molecule has 3 heterocycles. The summed E-state index contributed by atoms with van der Waals surface area (Å²) in [6.45, 7) is 0. The Morgan fingerprint density at radius 3 is 2.22 bits per heavy atom. The second-order valence-electron chi connectivity index (χ2n) is 8.41. The van der Waals surface area contributed by atoms with Gasteiger partial charge in [-0.3, -0.25) is 0 Å². The normalized spacial score (nSPS) is 23.8. The molecule has 1 aliphatic heterocycles. The predicted molar refractivity (Wildman–Crippen MR) is 100 cm³/mol. The smallest absolute Gasteiger partial charge is 0.416 e. The minimum Gasteiger partial charge on any atom is -0.416 e. The van der Waals surface area contributed by atoms with Crippen LogP contribution in [-0.2, 0) is 11.8 Å². The number of aromatic nitrogens is 3. The molecule has 0 saturated heterocycles. The third kappa shape index (κ3) is 3.86. The van der Waals surface area contributed by atoms with Crippen LogP contribution in [0.2, 0.25) is 0 Å². The standard InChI is InChI=1S/C19H21F6N5O2/c20-18(21,22)10-9-11(26)12-14-29-30-15(32-14)17(31,19(23,24)25)8-3-1-2-5-16(6-4-7-16)28-13(10)27-12/h9,31H,1-8,26H2,(H,27,28)/t17-/m1/s1. The van der Waals surface area contributed by atoms with Gasteiger partial charge < -0.3 is 20.6 Å². The van der Waals surface area contributed by atoms with Gasteiger partial charge in [-0.1, -0.05) is 12.8 Å². The maximum atomic E-state index is 13.7. The van der Waals surface area contributed by atoms with Crippen molar-refractivity contribution in [3.05, 3.63) is 17.5 Å². The van der Waals surface area contributed by atoms with Crippen LogP contribution >= 0.6 is 0 Å². The lowest BCUT2D eigenvalue weighted by Crippen LogP contribution is -2.45. The molecule has 0 amide bonds. The number of rotatable bonds is 0. The van der Waals surface area contributed by atoms with Gasteiger partial charge in [-0.2, -0.15) is 26.3 Å². The number of nitrogens with one attached hydrogen (secondary N) is 1. The number of nitrogens with two attached hydrogens (primary N) is 1. The van der Waals surface area contributed by atoms with Crippen LogP contribution in [0.3, 0.4) is 0 Å². The van der Waals surface area contributed by atoms with Gasteiger partial charge in [-0.25, -0.2) is 4.98 Å². The molecule has 176 valence electrons. The Morgan fingerprint density at radius 2 is 1.62 bits per heavy atom. The number of hydrogen-bond donors (Lipinski definition) is 3. The SMILES string of the molecule is Nc1cc(C(F)(F)F)c2nc1-c1nnc(o1)[C@@](O)(C(F)(F)F)CCCCCC1(CCC1)N2. The zero-order chi connectivity index (χ0) is 23.4. The quantitative estimate of drug-likeness (QED) is 0.480. The summed E-state index contributed by atoms with van der Waals surface area (Å²) in [6, 6.07) is 0.642. The van der Waals surface area contributed by atoms with Gasteiger partial charge in [0.25, 0.3) is 11.8 Å². The van der Waals surface area contributed by atoms with E-state index in [9.17, 15) is 31.4 Å². The highest BCUT2D eigenvalue weighted by molar-refractivity contribution is 5.71. The first-order valence-corrected chi connectivity index (χ1v) is 10.1. The summed E-state index contributed by atoms with van der Waals surface area (Å²) in [7, 11) is 0. The number of fused-ring (bicyclic) bond motifs is 5. The topological polar surface area (TPSA) is 110 Å². The van der Waals surface area contributed by atoms with Gasteiger partial charge in [-0.15, -0.1) is 10.2 Å². The van der Waals surface area contributed by atoms with Crippen molar-refractivity contribution >= 4 is 11.5 Å². The van der Waals surface area contributed by atoms with E-state index in [2.05, 4.69) is 20.5 Å². The molecule has 1 spiro atoms. The maximum Gasteiger partial charge on any atom is 0.426 e. The van der Waals surface area contributed by atoms with E-state index in [1.807, 2.05) is 0 Å². The van der Waals surface area contributed by atoms with Crippen molar-refractivity contribution in [2.75, 3.05) is 11.1 Å². The van der Waals surface area contributed by atoms with Gasteiger partial charge in [0.2, 0.25) is 5.60 Å². The second kappa shape index (κ2) is 7.49. The van der Waals surface area contributed by atoms with Crippen LogP contribution in [0, 0.1) is 0 Å². The molecule has 32 heavy (non-hydrogen) atoms. The zero-order valence-corrected chi connectivity index (χ0v) is 16.8. The van der Waals surface area contributed by atoms with Crippen LogP contribution < -0.4 is 11.1 Å². The Balaban J connectivity index is 1.87.